The van der Waals surface area contributed by atoms with Crippen LogP contribution in [0.25, 0.3) is 11.3 Å². The summed E-state index contributed by atoms with van der Waals surface area (Å²) < 4.78 is 24.8. The third-order valence-corrected chi connectivity index (χ3v) is 5.99. The van der Waals surface area contributed by atoms with Gasteiger partial charge in [-0.05, 0) is 42.8 Å². The highest BCUT2D eigenvalue weighted by Crippen LogP contribution is 2.25. The van der Waals surface area contributed by atoms with E-state index >= 15 is 0 Å². The second-order valence-corrected chi connectivity index (χ2v) is 8.62. The normalized spacial score (nSPS) is 10.8. The first-order chi connectivity index (χ1) is 16.5. The van der Waals surface area contributed by atoms with Gasteiger partial charge in [0.05, 0.1) is 24.1 Å². The zero-order valence-electron chi connectivity index (χ0n) is 18.5. The highest BCUT2D eigenvalue weighted by Gasteiger charge is 2.13. The summed E-state index contributed by atoms with van der Waals surface area (Å²) in [5, 5.41) is 5.30. The molecule has 4 aromatic rings. The topological polar surface area (TPSA) is 81.4 Å². The molecule has 0 bridgehead atoms. The van der Waals surface area contributed by atoms with Gasteiger partial charge in [-0.1, -0.05) is 30.3 Å². The van der Waals surface area contributed by atoms with E-state index in [2.05, 4.69) is 10.3 Å². The van der Waals surface area contributed by atoms with Crippen LogP contribution in [0.3, 0.4) is 0 Å². The SMILES string of the molecule is Cc1ccccc1NC(=O)Cc1nc(COC(=O)CCc2ccc(-c3ccccc3F)o2)cs1. The summed E-state index contributed by atoms with van der Waals surface area (Å²) >= 11 is 1.35. The molecule has 2 aromatic heterocycles. The molecule has 1 amide bonds. The molecule has 0 saturated heterocycles. The van der Waals surface area contributed by atoms with Gasteiger partial charge in [-0.15, -0.1) is 11.3 Å². The van der Waals surface area contributed by atoms with Crippen LogP contribution in [-0.2, 0) is 33.8 Å². The van der Waals surface area contributed by atoms with Crippen LogP contribution in [0.4, 0.5) is 10.1 Å². The van der Waals surface area contributed by atoms with E-state index in [0.717, 1.165) is 11.3 Å². The third-order valence-electron chi connectivity index (χ3n) is 5.09. The molecule has 0 aliphatic rings. The van der Waals surface area contributed by atoms with E-state index in [1.165, 1.54) is 17.4 Å². The first-order valence-electron chi connectivity index (χ1n) is 10.8. The van der Waals surface area contributed by atoms with Crippen molar-refractivity contribution in [1.82, 2.24) is 4.98 Å². The summed E-state index contributed by atoms with van der Waals surface area (Å²) in [5.74, 6) is 0.0860. The molecule has 4 rings (SSSR count). The van der Waals surface area contributed by atoms with Gasteiger partial charge in [-0.3, -0.25) is 9.59 Å². The van der Waals surface area contributed by atoms with Gasteiger partial charge in [-0.25, -0.2) is 9.37 Å². The van der Waals surface area contributed by atoms with Gasteiger partial charge in [0, 0.05) is 17.5 Å². The molecule has 34 heavy (non-hydrogen) atoms. The Hall–Kier alpha value is -3.78. The number of thiazole rings is 1. The van der Waals surface area contributed by atoms with Crippen LogP contribution in [-0.4, -0.2) is 16.9 Å². The van der Waals surface area contributed by atoms with Crippen LogP contribution >= 0.6 is 11.3 Å². The molecule has 0 unspecified atom stereocenters. The van der Waals surface area contributed by atoms with Crippen molar-refractivity contribution in [2.75, 3.05) is 5.32 Å². The number of ether oxygens (including phenoxy) is 1. The smallest absolute Gasteiger partial charge is 0.306 e. The van der Waals surface area contributed by atoms with Crippen LogP contribution in [0, 0.1) is 12.7 Å². The molecule has 2 aromatic carbocycles. The molecule has 0 radical (unpaired) electrons. The maximum Gasteiger partial charge on any atom is 0.306 e. The van der Waals surface area contributed by atoms with Crippen molar-refractivity contribution in [3.05, 3.63) is 93.9 Å². The van der Waals surface area contributed by atoms with E-state index in [4.69, 9.17) is 9.15 Å². The lowest BCUT2D eigenvalue weighted by Gasteiger charge is -2.06. The number of carbonyl (C=O) groups excluding carboxylic acids is 2. The van der Waals surface area contributed by atoms with Gasteiger partial charge in [0.1, 0.15) is 29.0 Å². The van der Waals surface area contributed by atoms with Crippen LogP contribution in [0.2, 0.25) is 0 Å². The Kier molecular flexibility index (Phi) is 7.49. The maximum atomic E-state index is 13.9. The Labute approximate surface area is 200 Å². The lowest BCUT2D eigenvalue weighted by Crippen LogP contribution is -2.15. The molecule has 174 valence electrons. The number of halogens is 1. The average Bonchev–Trinajstić information content (AvgIpc) is 3.48. The molecular weight excluding hydrogens is 455 g/mol. The van der Waals surface area contributed by atoms with Crippen LogP contribution < -0.4 is 5.32 Å². The first kappa shape index (κ1) is 23.4. The Balaban J connectivity index is 1.22. The largest absolute Gasteiger partial charge is 0.461 e. The zero-order chi connectivity index (χ0) is 23.9. The molecule has 6 nitrogen and oxygen atoms in total. The van der Waals surface area contributed by atoms with E-state index in [1.54, 1.807) is 35.7 Å². The quantitative estimate of drug-likeness (QED) is 0.312. The van der Waals surface area contributed by atoms with E-state index in [0.29, 0.717) is 34.2 Å². The van der Waals surface area contributed by atoms with Crippen molar-refractivity contribution < 1.29 is 23.1 Å². The Morgan fingerprint density at radius 2 is 1.88 bits per heavy atom. The predicted molar refractivity (Wildman–Crippen MR) is 128 cm³/mol. The third kappa shape index (κ3) is 6.17. The van der Waals surface area contributed by atoms with Gasteiger partial charge >= 0.3 is 5.97 Å². The number of furan rings is 1. The summed E-state index contributed by atoms with van der Waals surface area (Å²) in [4.78, 5) is 28.8. The number of rotatable bonds is 9. The second kappa shape index (κ2) is 10.9. The average molecular weight is 479 g/mol. The Morgan fingerprint density at radius 1 is 1.09 bits per heavy atom. The molecule has 8 heteroatoms. The van der Waals surface area contributed by atoms with E-state index in [9.17, 15) is 14.0 Å². The fraction of sp³-hybridized carbons (Fsp3) is 0.192. The number of aryl methyl sites for hydroxylation is 2. The number of nitrogens with zero attached hydrogens (tertiary/aromatic N) is 1. The highest BCUT2D eigenvalue weighted by atomic mass is 32.1. The molecule has 0 fully saturated rings. The molecule has 0 saturated carbocycles. The van der Waals surface area contributed by atoms with E-state index in [1.807, 2.05) is 31.2 Å². The standard InChI is InChI=1S/C26H23FN2O4S/c1-17-6-2-5-9-22(17)29-24(30)14-25-28-18(16-34-25)15-32-26(31)13-11-19-10-12-23(33-19)20-7-3-4-8-21(20)27/h2-10,12,16H,11,13-15H2,1H3,(H,29,30). The molecular formula is C26H23FN2O4S. The van der Waals surface area contributed by atoms with Crippen molar-refractivity contribution in [1.29, 1.82) is 0 Å². The number of para-hydroxylation sites is 1. The number of anilines is 1. The number of aromatic nitrogens is 1. The number of benzene rings is 2. The highest BCUT2D eigenvalue weighted by molar-refractivity contribution is 7.09. The van der Waals surface area contributed by atoms with Crippen molar-refractivity contribution in [2.45, 2.75) is 32.8 Å². The fourth-order valence-corrected chi connectivity index (χ4v) is 4.09. The molecule has 0 atom stereocenters. The number of esters is 1. The van der Waals surface area contributed by atoms with Gasteiger partial charge < -0.3 is 14.5 Å². The lowest BCUT2D eigenvalue weighted by molar-refractivity contribution is -0.145. The molecule has 2 heterocycles. The summed E-state index contributed by atoms with van der Waals surface area (Å²) in [5.41, 5.74) is 2.73. The van der Waals surface area contributed by atoms with E-state index < -0.39 is 5.97 Å². The lowest BCUT2D eigenvalue weighted by atomic mass is 10.1. The Bertz CT molecular complexity index is 1300. The van der Waals surface area contributed by atoms with Crippen LogP contribution in [0.5, 0.6) is 0 Å². The number of amides is 1. The Morgan fingerprint density at radius 3 is 2.71 bits per heavy atom. The van der Waals surface area contributed by atoms with Gasteiger partial charge in [0.15, 0.2) is 0 Å². The summed E-state index contributed by atoms with van der Waals surface area (Å²) in [7, 11) is 0. The minimum absolute atomic E-state index is 0.0351. The van der Waals surface area contributed by atoms with Crippen molar-refractivity contribution in [2.24, 2.45) is 0 Å². The van der Waals surface area contributed by atoms with Crippen molar-refractivity contribution in [3.63, 3.8) is 0 Å². The number of hydrogen-bond acceptors (Lipinski definition) is 6. The molecule has 1 N–H and O–H groups in total. The molecule has 0 aliphatic heterocycles. The fourth-order valence-electron chi connectivity index (χ4n) is 3.31. The van der Waals surface area contributed by atoms with E-state index in [-0.39, 0.29) is 31.2 Å². The van der Waals surface area contributed by atoms with Gasteiger partial charge in [-0.2, -0.15) is 0 Å². The molecule has 0 aliphatic carbocycles. The molecule has 0 spiro atoms. The van der Waals surface area contributed by atoms with Crippen LogP contribution in [0.1, 0.15) is 28.4 Å². The number of carbonyl (C=O) groups is 2. The van der Waals surface area contributed by atoms with Crippen molar-refractivity contribution >= 4 is 28.9 Å². The number of nitrogens with one attached hydrogen (secondary N) is 1. The minimum atomic E-state index is -0.393. The first-order valence-corrected chi connectivity index (χ1v) is 11.6. The maximum absolute atomic E-state index is 13.9. The van der Waals surface area contributed by atoms with Gasteiger partial charge in [0.2, 0.25) is 5.91 Å². The zero-order valence-corrected chi connectivity index (χ0v) is 19.4. The second-order valence-electron chi connectivity index (χ2n) is 7.68. The van der Waals surface area contributed by atoms with Crippen LogP contribution in [0.15, 0.2) is 70.5 Å². The minimum Gasteiger partial charge on any atom is -0.461 e. The van der Waals surface area contributed by atoms with Gasteiger partial charge in [0.25, 0.3) is 0 Å². The monoisotopic (exact) mass is 478 g/mol. The summed E-state index contributed by atoms with van der Waals surface area (Å²) in [6, 6.07) is 17.3. The predicted octanol–water partition coefficient (Wildman–Crippen LogP) is 5.71. The van der Waals surface area contributed by atoms with Crippen molar-refractivity contribution in [3.8, 4) is 11.3 Å². The summed E-state index contributed by atoms with van der Waals surface area (Å²) in [6.45, 7) is 1.97. The summed E-state index contributed by atoms with van der Waals surface area (Å²) in [6.07, 6.45) is 0.616. The number of hydrogen-bond donors (Lipinski definition) is 1.